The molecule has 0 aromatic heterocycles. The molecule has 0 nitrogen and oxygen atoms in total. The minimum Gasteiger partial charge on any atom is -0.223 e. The van der Waals surface area contributed by atoms with Crippen LogP contribution in [0.5, 0.6) is 0 Å². The van der Waals surface area contributed by atoms with E-state index in [0.29, 0.717) is 5.41 Å². The molecule has 0 saturated carbocycles. The second kappa shape index (κ2) is 4.44. The molecule has 0 fully saturated rings. The highest BCUT2D eigenvalue weighted by Gasteiger charge is 2.15. The predicted octanol–water partition coefficient (Wildman–Crippen LogP) is 4.64. The standard InChI is InChI=1S/C15H26S/c1-12-8-9-14(16(5,6)7)10-13(12)11-15(2,3)4/h8-10H,11H2,1-7H3. The van der Waals surface area contributed by atoms with Crippen LogP contribution >= 0.6 is 10.0 Å². The molecule has 0 aliphatic heterocycles. The summed E-state index contributed by atoms with van der Waals surface area (Å²) in [6.45, 7) is 9.15. The van der Waals surface area contributed by atoms with E-state index in [0.717, 1.165) is 0 Å². The van der Waals surface area contributed by atoms with Crippen LogP contribution < -0.4 is 0 Å². The van der Waals surface area contributed by atoms with Crippen LogP contribution in [0.15, 0.2) is 23.1 Å². The quantitative estimate of drug-likeness (QED) is 0.704. The molecule has 0 spiro atoms. The van der Waals surface area contributed by atoms with Crippen molar-refractivity contribution in [3.8, 4) is 0 Å². The second-order valence-electron chi connectivity index (χ2n) is 6.66. The minimum absolute atomic E-state index is 0.372. The Labute approximate surface area is 103 Å². The van der Waals surface area contributed by atoms with Crippen LogP contribution in [0.4, 0.5) is 0 Å². The summed E-state index contributed by atoms with van der Waals surface area (Å²) in [7, 11) is -0.598. The van der Waals surface area contributed by atoms with E-state index in [1.54, 1.807) is 0 Å². The van der Waals surface area contributed by atoms with E-state index in [1.165, 1.54) is 22.4 Å². The number of rotatable bonds is 2. The second-order valence-corrected chi connectivity index (χ2v) is 10.8. The van der Waals surface area contributed by atoms with E-state index in [1.807, 2.05) is 0 Å². The van der Waals surface area contributed by atoms with Gasteiger partial charge in [-0.15, -0.1) is 0 Å². The third-order valence-corrected chi connectivity index (χ3v) is 4.42. The lowest BCUT2D eigenvalue weighted by Gasteiger charge is -2.28. The zero-order valence-corrected chi connectivity index (χ0v) is 12.7. The lowest BCUT2D eigenvalue weighted by atomic mass is 9.86. The van der Waals surface area contributed by atoms with Gasteiger partial charge in [-0.25, -0.2) is 10.0 Å². The van der Waals surface area contributed by atoms with Gasteiger partial charge in [0, 0.05) is 0 Å². The van der Waals surface area contributed by atoms with E-state index in [4.69, 9.17) is 0 Å². The van der Waals surface area contributed by atoms with Gasteiger partial charge >= 0.3 is 0 Å². The lowest BCUT2D eigenvalue weighted by Crippen LogP contribution is -2.10. The third kappa shape index (κ3) is 3.86. The van der Waals surface area contributed by atoms with Gasteiger partial charge < -0.3 is 0 Å². The molecule has 0 aliphatic carbocycles. The number of aryl methyl sites for hydroxylation is 1. The molecular formula is C15H26S. The Morgan fingerprint density at radius 1 is 1.06 bits per heavy atom. The van der Waals surface area contributed by atoms with Gasteiger partial charge in [0.15, 0.2) is 0 Å². The molecule has 0 unspecified atom stereocenters. The SMILES string of the molecule is Cc1ccc(S(C)(C)C)cc1CC(C)(C)C. The van der Waals surface area contributed by atoms with E-state index >= 15 is 0 Å². The van der Waals surface area contributed by atoms with Crippen molar-refractivity contribution in [1.82, 2.24) is 0 Å². The minimum atomic E-state index is -0.598. The Hall–Kier alpha value is -0.430. The molecule has 1 aromatic rings. The smallest absolute Gasteiger partial charge is 0.0103 e. The van der Waals surface area contributed by atoms with Crippen molar-refractivity contribution in [2.75, 3.05) is 18.8 Å². The summed E-state index contributed by atoms with van der Waals surface area (Å²) < 4.78 is 0. The van der Waals surface area contributed by atoms with Gasteiger partial charge in [0.1, 0.15) is 0 Å². The van der Waals surface area contributed by atoms with Gasteiger partial charge in [-0.3, -0.25) is 0 Å². The van der Waals surface area contributed by atoms with Crippen molar-refractivity contribution in [2.24, 2.45) is 5.41 Å². The normalized spacial score (nSPS) is 13.9. The summed E-state index contributed by atoms with van der Waals surface area (Å²) >= 11 is 0. The zero-order valence-electron chi connectivity index (χ0n) is 11.8. The average Bonchev–Trinajstić information content (AvgIpc) is 2.04. The Morgan fingerprint density at radius 3 is 2.06 bits per heavy atom. The highest BCUT2D eigenvalue weighted by atomic mass is 32.3. The van der Waals surface area contributed by atoms with E-state index in [-0.39, 0.29) is 0 Å². The molecule has 0 radical (unpaired) electrons. The molecule has 1 rings (SSSR count). The number of hydrogen-bond donors (Lipinski definition) is 0. The topological polar surface area (TPSA) is 0 Å². The lowest BCUT2D eigenvalue weighted by molar-refractivity contribution is 0.410. The van der Waals surface area contributed by atoms with Gasteiger partial charge in [0.2, 0.25) is 0 Å². The molecule has 0 bridgehead atoms. The predicted molar refractivity (Wildman–Crippen MR) is 78.0 cm³/mol. The van der Waals surface area contributed by atoms with Crippen LogP contribution in [0.2, 0.25) is 0 Å². The van der Waals surface area contributed by atoms with Gasteiger partial charge in [0.05, 0.1) is 0 Å². The average molecular weight is 238 g/mol. The first-order valence-electron chi connectivity index (χ1n) is 5.87. The summed E-state index contributed by atoms with van der Waals surface area (Å²) in [5, 5.41) is 0. The highest BCUT2D eigenvalue weighted by Crippen LogP contribution is 2.45. The fraction of sp³-hybridized carbons (Fsp3) is 0.600. The van der Waals surface area contributed by atoms with E-state index in [9.17, 15) is 0 Å². The monoisotopic (exact) mass is 238 g/mol. The van der Waals surface area contributed by atoms with Gasteiger partial charge in [0.25, 0.3) is 0 Å². The summed E-state index contributed by atoms with van der Waals surface area (Å²) in [5.41, 5.74) is 3.33. The molecular weight excluding hydrogens is 212 g/mol. The van der Waals surface area contributed by atoms with Crippen LogP contribution in [-0.4, -0.2) is 18.8 Å². The Morgan fingerprint density at radius 2 is 1.62 bits per heavy atom. The van der Waals surface area contributed by atoms with Crippen molar-refractivity contribution in [1.29, 1.82) is 0 Å². The van der Waals surface area contributed by atoms with Gasteiger partial charge in [-0.05, 0) is 65.7 Å². The molecule has 1 heteroatoms. The Kier molecular flexibility index (Phi) is 3.79. The first kappa shape index (κ1) is 13.6. The van der Waals surface area contributed by atoms with Crippen molar-refractivity contribution in [2.45, 2.75) is 39.0 Å². The van der Waals surface area contributed by atoms with Crippen molar-refractivity contribution in [3.63, 3.8) is 0 Å². The molecule has 0 aliphatic rings. The molecule has 0 heterocycles. The summed E-state index contributed by atoms with van der Waals surface area (Å²) in [4.78, 5) is 1.53. The van der Waals surface area contributed by atoms with Gasteiger partial charge in [-0.2, -0.15) is 0 Å². The molecule has 0 amide bonds. The van der Waals surface area contributed by atoms with Gasteiger partial charge in [-0.1, -0.05) is 26.8 Å². The maximum Gasteiger partial charge on any atom is -0.0103 e. The summed E-state index contributed by atoms with van der Waals surface area (Å²) in [6, 6.07) is 7.02. The fourth-order valence-electron chi connectivity index (χ4n) is 1.79. The first-order valence-corrected chi connectivity index (χ1v) is 8.73. The molecule has 1 aromatic carbocycles. The van der Waals surface area contributed by atoms with Crippen LogP contribution in [0.1, 0.15) is 31.9 Å². The number of hydrogen-bond acceptors (Lipinski definition) is 0. The van der Waals surface area contributed by atoms with Crippen LogP contribution in [0, 0.1) is 12.3 Å². The van der Waals surface area contributed by atoms with Crippen LogP contribution in [0.25, 0.3) is 0 Å². The van der Waals surface area contributed by atoms with Crippen molar-refractivity contribution >= 4 is 10.0 Å². The van der Waals surface area contributed by atoms with E-state index < -0.39 is 10.0 Å². The first-order chi connectivity index (χ1) is 7.09. The largest absolute Gasteiger partial charge is 0.223 e. The fourth-order valence-corrected chi connectivity index (χ4v) is 2.76. The molecule has 0 N–H and O–H groups in total. The van der Waals surface area contributed by atoms with Crippen LogP contribution in [0.3, 0.4) is 0 Å². The maximum absolute atomic E-state index is 2.43. The molecule has 16 heavy (non-hydrogen) atoms. The summed E-state index contributed by atoms with van der Waals surface area (Å²) in [6.07, 6.45) is 8.25. The maximum atomic E-state index is 2.43. The molecule has 92 valence electrons. The third-order valence-electron chi connectivity index (χ3n) is 2.75. The highest BCUT2D eigenvalue weighted by molar-refractivity contribution is 8.32. The van der Waals surface area contributed by atoms with Crippen LogP contribution in [-0.2, 0) is 6.42 Å². The Bertz CT molecular complexity index is 364. The molecule has 0 atom stereocenters. The molecule has 0 saturated heterocycles. The van der Waals surface area contributed by atoms with E-state index in [2.05, 4.69) is 64.7 Å². The van der Waals surface area contributed by atoms with Crippen molar-refractivity contribution in [3.05, 3.63) is 29.3 Å². The summed E-state index contributed by atoms with van der Waals surface area (Å²) in [5.74, 6) is 0. The zero-order chi connectivity index (χ0) is 12.6. The number of benzene rings is 1. The Balaban J connectivity index is 3.10. The van der Waals surface area contributed by atoms with Crippen molar-refractivity contribution < 1.29 is 0 Å².